The second-order valence-electron chi connectivity index (χ2n) is 6.46. The van der Waals surface area contributed by atoms with E-state index >= 15 is 0 Å². The Morgan fingerprint density at radius 3 is 1.81 bits per heavy atom. The minimum Gasteiger partial charge on any atom is -0.395 e. The monoisotopic (exact) mass is 297 g/mol. The zero-order chi connectivity index (χ0) is 15.8. The van der Waals surface area contributed by atoms with Gasteiger partial charge in [0, 0.05) is 6.04 Å². The van der Waals surface area contributed by atoms with Crippen molar-refractivity contribution in [3.63, 3.8) is 0 Å². The summed E-state index contributed by atoms with van der Waals surface area (Å²) in [6.45, 7) is 4.42. The highest BCUT2D eigenvalue weighted by atomic mass is 16.3. The molecule has 2 atom stereocenters. The molecule has 0 aliphatic carbocycles. The number of nitrogens with two attached hydrogens (primary N) is 1. The van der Waals surface area contributed by atoms with Crippen LogP contribution in [-0.4, -0.2) is 17.8 Å². The quantitative estimate of drug-likeness (QED) is 0.322. The van der Waals surface area contributed by atoms with Crippen LogP contribution in [0.5, 0.6) is 0 Å². The fourth-order valence-corrected chi connectivity index (χ4v) is 2.55. The van der Waals surface area contributed by atoms with Gasteiger partial charge in [0.1, 0.15) is 0 Å². The number of unbranched alkanes of at least 4 members (excludes halogenated alkanes) is 11. The van der Waals surface area contributed by atoms with E-state index in [1.54, 1.807) is 0 Å². The molecule has 0 amide bonds. The minimum atomic E-state index is -0.112. The molecule has 0 radical (unpaired) electrons. The van der Waals surface area contributed by atoms with Crippen LogP contribution in [0.15, 0.2) is 12.2 Å². The summed E-state index contributed by atoms with van der Waals surface area (Å²) >= 11 is 0. The zero-order valence-corrected chi connectivity index (χ0v) is 14.5. The molecule has 0 saturated carbocycles. The van der Waals surface area contributed by atoms with Crippen LogP contribution in [0.4, 0.5) is 0 Å². The van der Waals surface area contributed by atoms with Crippen LogP contribution in [0.3, 0.4) is 0 Å². The lowest BCUT2D eigenvalue weighted by molar-refractivity contribution is 0.246. The molecule has 126 valence electrons. The molecule has 0 aromatic rings. The van der Waals surface area contributed by atoms with Gasteiger partial charge in [0.05, 0.1) is 6.61 Å². The average Bonchev–Trinajstić information content (AvgIpc) is 2.50. The van der Waals surface area contributed by atoms with E-state index in [9.17, 15) is 0 Å². The van der Waals surface area contributed by atoms with Crippen molar-refractivity contribution < 1.29 is 5.11 Å². The molecule has 0 aromatic heterocycles. The lowest BCUT2D eigenvalue weighted by Gasteiger charge is -2.12. The zero-order valence-electron chi connectivity index (χ0n) is 14.5. The summed E-state index contributed by atoms with van der Waals surface area (Å²) in [5.41, 5.74) is 5.76. The molecule has 0 aliphatic heterocycles. The first-order valence-corrected chi connectivity index (χ1v) is 9.25. The third-order valence-corrected chi connectivity index (χ3v) is 4.30. The highest BCUT2D eigenvalue weighted by Crippen LogP contribution is 2.12. The first-order chi connectivity index (χ1) is 10.2. The van der Waals surface area contributed by atoms with Crippen LogP contribution in [0.25, 0.3) is 0 Å². The first-order valence-electron chi connectivity index (χ1n) is 9.25. The van der Waals surface area contributed by atoms with E-state index in [1.807, 2.05) is 0 Å². The summed E-state index contributed by atoms with van der Waals surface area (Å²) in [5.74, 6) is 0.280. The van der Waals surface area contributed by atoms with E-state index in [2.05, 4.69) is 26.0 Å². The number of hydrogen-bond acceptors (Lipinski definition) is 2. The number of aliphatic hydroxyl groups excluding tert-OH is 1. The van der Waals surface area contributed by atoms with Gasteiger partial charge in [-0.2, -0.15) is 0 Å². The molecular weight excluding hydrogens is 258 g/mol. The van der Waals surface area contributed by atoms with Crippen LogP contribution in [0.1, 0.15) is 90.9 Å². The van der Waals surface area contributed by atoms with Crippen molar-refractivity contribution in [2.75, 3.05) is 6.61 Å². The van der Waals surface area contributed by atoms with Gasteiger partial charge in [0.15, 0.2) is 0 Å². The molecule has 0 spiro atoms. The van der Waals surface area contributed by atoms with E-state index in [4.69, 9.17) is 10.8 Å². The maximum absolute atomic E-state index is 8.95. The maximum Gasteiger partial charge on any atom is 0.0588 e. The lowest BCUT2D eigenvalue weighted by atomic mass is 10.0. The molecule has 0 unspecified atom stereocenters. The number of hydrogen-bond donors (Lipinski definition) is 2. The smallest absolute Gasteiger partial charge is 0.0588 e. The molecule has 0 saturated heterocycles. The highest BCUT2D eigenvalue weighted by Gasteiger charge is 2.06. The molecule has 0 heterocycles. The van der Waals surface area contributed by atoms with Crippen LogP contribution < -0.4 is 5.73 Å². The Hall–Kier alpha value is -0.340. The van der Waals surface area contributed by atoms with Gasteiger partial charge in [0.2, 0.25) is 0 Å². The van der Waals surface area contributed by atoms with E-state index in [1.165, 1.54) is 70.6 Å². The second-order valence-corrected chi connectivity index (χ2v) is 6.46. The summed E-state index contributed by atoms with van der Waals surface area (Å²) in [4.78, 5) is 0. The lowest BCUT2D eigenvalue weighted by Crippen LogP contribution is -2.30. The van der Waals surface area contributed by atoms with Gasteiger partial charge in [-0.25, -0.2) is 0 Å². The van der Waals surface area contributed by atoms with Gasteiger partial charge < -0.3 is 10.8 Å². The van der Waals surface area contributed by atoms with Gasteiger partial charge in [0.25, 0.3) is 0 Å². The molecule has 0 aliphatic rings. The topological polar surface area (TPSA) is 46.2 Å². The normalized spacial score (nSPS) is 14.7. The predicted octanol–water partition coefficient (Wildman–Crippen LogP) is 5.20. The minimum absolute atomic E-state index is 0.0734. The van der Waals surface area contributed by atoms with Crippen molar-refractivity contribution in [2.45, 2.75) is 96.9 Å². The van der Waals surface area contributed by atoms with Crippen molar-refractivity contribution >= 4 is 0 Å². The molecule has 0 rings (SSSR count). The Morgan fingerprint density at radius 1 is 0.857 bits per heavy atom. The predicted molar refractivity (Wildman–Crippen MR) is 94.4 cm³/mol. The SMILES string of the molecule is CCCCCCCCCCCCC/C=C/[C@@H](C)[C@@H](N)CO. The Morgan fingerprint density at radius 2 is 1.33 bits per heavy atom. The molecule has 3 N–H and O–H groups in total. The summed E-state index contributed by atoms with van der Waals surface area (Å²) in [5, 5.41) is 8.95. The fourth-order valence-electron chi connectivity index (χ4n) is 2.55. The van der Waals surface area contributed by atoms with E-state index < -0.39 is 0 Å². The Balaban J connectivity index is 3.20. The largest absolute Gasteiger partial charge is 0.395 e. The molecule has 0 fully saturated rings. The van der Waals surface area contributed by atoms with Crippen LogP contribution in [0.2, 0.25) is 0 Å². The number of rotatable bonds is 15. The molecule has 0 aromatic carbocycles. The average molecular weight is 298 g/mol. The Bertz CT molecular complexity index is 228. The van der Waals surface area contributed by atoms with Crippen molar-refractivity contribution in [1.82, 2.24) is 0 Å². The summed E-state index contributed by atoms with van der Waals surface area (Å²) in [6, 6.07) is -0.112. The van der Waals surface area contributed by atoms with Gasteiger partial charge in [-0.1, -0.05) is 90.2 Å². The van der Waals surface area contributed by atoms with Crippen molar-refractivity contribution in [3.05, 3.63) is 12.2 Å². The van der Waals surface area contributed by atoms with Crippen molar-refractivity contribution in [2.24, 2.45) is 11.7 Å². The van der Waals surface area contributed by atoms with Crippen LogP contribution in [-0.2, 0) is 0 Å². The van der Waals surface area contributed by atoms with Gasteiger partial charge >= 0.3 is 0 Å². The van der Waals surface area contributed by atoms with Crippen LogP contribution >= 0.6 is 0 Å². The number of aliphatic hydroxyl groups is 1. The van der Waals surface area contributed by atoms with E-state index in [-0.39, 0.29) is 18.6 Å². The standard InChI is InChI=1S/C19H39NO/c1-3-4-5-6-7-8-9-10-11-12-13-14-15-16-18(2)19(20)17-21/h15-16,18-19,21H,3-14,17,20H2,1-2H3/b16-15+/t18-,19+/m1/s1. The van der Waals surface area contributed by atoms with Gasteiger partial charge in [-0.05, 0) is 18.8 Å². The van der Waals surface area contributed by atoms with Crippen molar-refractivity contribution in [1.29, 1.82) is 0 Å². The molecule has 2 heteroatoms. The van der Waals surface area contributed by atoms with E-state index in [0.29, 0.717) is 0 Å². The molecule has 21 heavy (non-hydrogen) atoms. The molecular formula is C19H39NO. The Labute approximate surface area is 133 Å². The summed E-state index contributed by atoms with van der Waals surface area (Å²) in [7, 11) is 0. The third-order valence-electron chi connectivity index (χ3n) is 4.30. The third kappa shape index (κ3) is 14.4. The van der Waals surface area contributed by atoms with Crippen LogP contribution in [0, 0.1) is 5.92 Å². The first kappa shape index (κ1) is 20.7. The summed E-state index contributed by atoms with van der Waals surface area (Å²) in [6.07, 6.45) is 20.9. The van der Waals surface area contributed by atoms with E-state index in [0.717, 1.165) is 6.42 Å². The summed E-state index contributed by atoms with van der Waals surface area (Å²) < 4.78 is 0. The Kier molecular flexibility index (Phi) is 15.8. The fraction of sp³-hybridized carbons (Fsp3) is 0.895. The maximum atomic E-state index is 8.95. The molecule has 0 bridgehead atoms. The number of allylic oxidation sites excluding steroid dienone is 1. The second kappa shape index (κ2) is 16.0. The van der Waals surface area contributed by atoms with Gasteiger partial charge in [-0.15, -0.1) is 0 Å². The highest BCUT2D eigenvalue weighted by molar-refractivity contribution is 4.90. The molecule has 2 nitrogen and oxygen atoms in total. The van der Waals surface area contributed by atoms with Gasteiger partial charge in [-0.3, -0.25) is 0 Å². The van der Waals surface area contributed by atoms with Crippen molar-refractivity contribution in [3.8, 4) is 0 Å².